The predicted molar refractivity (Wildman–Crippen MR) is 481 cm³/mol. The number of benzene rings is 15. The molecule has 19 rings (SSSR count). The fourth-order valence-electron chi connectivity index (χ4n) is 17.7. The summed E-state index contributed by atoms with van der Waals surface area (Å²) >= 11 is 8.19. The molecule has 0 amide bonds. The Bertz CT molecular complexity index is 6670. The standard InChI is InChI=1S/C106H89ClN4/c1-103(2,3)68-55-66(56-69(59-68)104(4,5)6)77-31-21-25-47-95(77)108(73-51-53-89-83-37-17-13-33-79(83)81-35-15-19-39-85(81)91-43-29-45-93-87-41-23-27-49-97(87)110(101(91)93)99(89)64-73)75-61-72(107)62-76(63-75)109(96-48-26-22-32-78(96)67-57-70(105(7,8)9)60-71(58-67)106(10,11)12)74-52-54-90-84-38-18-14-34-80(84)82-36-16-20-40-86(82)92-44-30-46-94-88-42-24-28-50-98(88)111(102(92)94)100(90)65-74/h13-65H,1-12H3. The van der Waals surface area contributed by atoms with Crippen molar-refractivity contribution in [2.75, 3.05) is 9.80 Å². The number of halogens is 1. The molecule has 0 N–H and O–H groups in total. The highest BCUT2D eigenvalue weighted by molar-refractivity contribution is 6.32. The lowest BCUT2D eigenvalue weighted by Gasteiger charge is -2.33. The first-order chi connectivity index (χ1) is 53.5. The molecule has 19 aromatic rings. The highest BCUT2D eigenvalue weighted by atomic mass is 35.5. The quantitative estimate of drug-likeness (QED) is 0.151. The Labute approximate surface area is 655 Å². The van der Waals surface area contributed by atoms with Crippen LogP contribution in [0.5, 0.6) is 0 Å². The zero-order chi connectivity index (χ0) is 76.1. The van der Waals surface area contributed by atoms with Crippen molar-refractivity contribution in [3.05, 3.63) is 349 Å². The summed E-state index contributed by atoms with van der Waals surface area (Å²) < 4.78 is 5.12. The zero-order valence-corrected chi connectivity index (χ0v) is 66.0. The van der Waals surface area contributed by atoms with E-state index in [9.17, 15) is 0 Å². The number of anilines is 6. The summed E-state index contributed by atoms with van der Waals surface area (Å²) in [6.45, 7) is 28.0. The molecular formula is C106H89ClN4. The third kappa shape index (κ3) is 11.6. The van der Waals surface area contributed by atoms with Gasteiger partial charge in [-0.2, -0.15) is 0 Å². The van der Waals surface area contributed by atoms with Gasteiger partial charge in [-0.25, -0.2) is 0 Å². The van der Waals surface area contributed by atoms with E-state index in [1.807, 2.05) is 0 Å². The Hall–Kier alpha value is -12.2. The van der Waals surface area contributed by atoms with Crippen LogP contribution < -0.4 is 9.80 Å². The van der Waals surface area contributed by atoms with Crippen LogP contribution in [-0.4, -0.2) is 8.80 Å². The molecule has 0 saturated heterocycles. The van der Waals surface area contributed by atoms with Gasteiger partial charge in [0.1, 0.15) is 0 Å². The highest BCUT2D eigenvalue weighted by Gasteiger charge is 2.30. The molecule has 0 radical (unpaired) electrons. The maximum atomic E-state index is 8.19. The molecule has 0 saturated carbocycles. The molecule has 540 valence electrons. The smallest absolute Gasteiger partial charge is 0.0619 e. The van der Waals surface area contributed by atoms with Gasteiger partial charge in [0.05, 0.1) is 44.5 Å². The Morgan fingerprint density at radius 2 is 0.477 bits per heavy atom. The lowest BCUT2D eigenvalue weighted by molar-refractivity contribution is 0.568. The third-order valence-electron chi connectivity index (χ3n) is 23.4. The summed E-state index contributed by atoms with van der Waals surface area (Å²) in [7, 11) is 0. The molecule has 15 aromatic carbocycles. The highest BCUT2D eigenvalue weighted by Crippen LogP contribution is 2.51. The minimum atomic E-state index is -0.146. The number of nitrogens with zero attached hydrogens (tertiary/aromatic N) is 4. The number of fused-ring (bicyclic) bond motifs is 20. The van der Waals surface area contributed by atoms with Crippen molar-refractivity contribution in [2.45, 2.75) is 105 Å². The van der Waals surface area contributed by atoms with Crippen LogP contribution in [0.15, 0.2) is 322 Å². The first kappa shape index (κ1) is 69.3. The molecule has 0 bridgehead atoms. The van der Waals surface area contributed by atoms with Gasteiger partial charge in [-0.15, -0.1) is 0 Å². The minimum Gasteiger partial charge on any atom is -0.310 e. The number of rotatable bonds is 8. The maximum Gasteiger partial charge on any atom is 0.0619 e. The summed E-state index contributed by atoms with van der Waals surface area (Å²) in [4.78, 5) is 5.00. The molecule has 4 nitrogen and oxygen atoms in total. The molecule has 0 aliphatic rings. The second kappa shape index (κ2) is 26.0. The predicted octanol–water partition coefficient (Wildman–Crippen LogP) is 31.0. The van der Waals surface area contributed by atoms with Crippen LogP contribution in [0.1, 0.15) is 105 Å². The van der Waals surface area contributed by atoms with Crippen molar-refractivity contribution in [1.82, 2.24) is 8.80 Å². The molecular weight excluding hydrogens is 1360 g/mol. The van der Waals surface area contributed by atoms with E-state index in [2.05, 4.69) is 423 Å². The molecule has 0 fully saturated rings. The lowest BCUT2D eigenvalue weighted by Crippen LogP contribution is -2.17. The van der Waals surface area contributed by atoms with Crippen LogP contribution in [0.3, 0.4) is 0 Å². The van der Waals surface area contributed by atoms with Gasteiger partial charge in [0.2, 0.25) is 0 Å². The third-order valence-corrected chi connectivity index (χ3v) is 23.6. The van der Waals surface area contributed by atoms with Crippen LogP contribution in [0.4, 0.5) is 34.1 Å². The van der Waals surface area contributed by atoms with Gasteiger partial charge in [-0.05, 0) is 165 Å². The fraction of sp³-hybridized carbons (Fsp3) is 0.151. The summed E-state index contributed by atoms with van der Waals surface area (Å²) in [6, 6.07) is 122. The average Bonchev–Trinajstić information content (AvgIpc) is 1.62. The summed E-state index contributed by atoms with van der Waals surface area (Å²) in [5, 5.41) is 19.5. The normalized spacial score (nSPS) is 12.5. The topological polar surface area (TPSA) is 15.3 Å². The minimum absolute atomic E-state index is 0.146. The largest absolute Gasteiger partial charge is 0.310 e. The van der Waals surface area contributed by atoms with Gasteiger partial charge in [-0.1, -0.05) is 349 Å². The number of para-hydroxylation sites is 6. The first-order valence-corrected chi connectivity index (χ1v) is 39.5. The van der Waals surface area contributed by atoms with Crippen molar-refractivity contribution in [3.8, 4) is 22.3 Å². The van der Waals surface area contributed by atoms with E-state index < -0.39 is 0 Å². The van der Waals surface area contributed by atoms with Crippen molar-refractivity contribution in [2.24, 2.45) is 0 Å². The van der Waals surface area contributed by atoms with Crippen molar-refractivity contribution >= 4 is 165 Å². The summed E-state index contributed by atoms with van der Waals surface area (Å²) in [5.41, 5.74) is 21.5. The van der Waals surface area contributed by atoms with E-state index in [1.54, 1.807) is 0 Å². The molecule has 111 heavy (non-hydrogen) atoms. The Kier molecular flexibility index (Phi) is 16.2. The van der Waals surface area contributed by atoms with Crippen LogP contribution >= 0.6 is 11.6 Å². The Balaban J connectivity index is 0.963. The van der Waals surface area contributed by atoms with E-state index in [4.69, 9.17) is 11.6 Å². The Morgan fingerprint density at radius 1 is 0.216 bits per heavy atom. The monoisotopic (exact) mass is 1450 g/mol. The van der Waals surface area contributed by atoms with E-state index >= 15 is 0 Å². The molecule has 0 aliphatic carbocycles. The summed E-state index contributed by atoms with van der Waals surface area (Å²) in [5.74, 6) is 0. The van der Waals surface area contributed by atoms with Gasteiger partial charge in [0, 0.05) is 82.0 Å². The lowest BCUT2D eigenvalue weighted by atomic mass is 9.78. The number of hydrogen-bond donors (Lipinski definition) is 0. The second-order valence-electron chi connectivity index (χ2n) is 34.7. The van der Waals surface area contributed by atoms with E-state index in [0.717, 1.165) is 111 Å². The Morgan fingerprint density at radius 3 is 0.811 bits per heavy atom. The first-order valence-electron chi connectivity index (χ1n) is 39.2. The van der Waals surface area contributed by atoms with Crippen molar-refractivity contribution < 1.29 is 0 Å². The van der Waals surface area contributed by atoms with E-state index in [1.165, 1.54) is 86.9 Å². The maximum absolute atomic E-state index is 8.19. The molecule has 0 aliphatic heterocycles. The molecule has 0 unspecified atom stereocenters. The molecule has 0 spiro atoms. The van der Waals surface area contributed by atoms with Gasteiger partial charge < -0.3 is 18.6 Å². The van der Waals surface area contributed by atoms with Crippen molar-refractivity contribution in [3.63, 3.8) is 0 Å². The summed E-state index contributed by atoms with van der Waals surface area (Å²) in [6.07, 6.45) is 0. The number of aromatic nitrogens is 2. The SMILES string of the molecule is CC(C)(C)c1cc(-c2ccccc2N(c2cc(Cl)cc(N(c3ccc4c5ccccc5c5ccccc5c5cccc6c7ccccc7n(c4c3)c56)c3ccccc3-c3cc(C(C)(C)C)cc(C(C)(C)C)c3)c2)c2ccc3c4ccccc4c4ccccc4c4cccc5c6ccccc6n(c3c2)c45)cc(C(C)(C)C)c1. The van der Waals surface area contributed by atoms with Crippen LogP contribution in [0.25, 0.3) is 142 Å². The van der Waals surface area contributed by atoms with Crippen molar-refractivity contribution in [1.29, 1.82) is 0 Å². The van der Waals surface area contributed by atoms with Crippen LogP contribution in [-0.2, 0) is 21.7 Å². The average molecular weight is 1450 g/mol. The zero-order valence-electron chi connectivity index (χ0n) is 65.3. The van der Waals surface area contributed by atoms with Gasteiger partial charge in [0.25, 0.3) is 0 Å². The second-order valence-corrected chi connectivity index (χ2v) is 35.1. The van der Waals surface area contributed by atoms with Gasteiger partial charge in [-0.3, -0.25) is 0 Å². The molecule has 4 heterocycles. The fourth-order valence-corrected chi connectivity index (χ4v) is 17.9. The molecule has 0 atom stereocenters. The van der Waals surface area contributed by atoms with Gasteiger partial charge in [0.15, 0.2) is 0 Å². The van der Waals surface area contributed by atoms with Crippen LogP contribution in [0, 0.1) is 0 Å². The number of hydrogen-bond acceptors (Lipinski definition) is 2. The van der Waals surface area contributed by atoms with E-state index in [-0.39, 0.29) is 21.7 Å². The molecule has 5 heteroatoms. The molecule has 4 aromatic heterocycles. The van der Waals surface area contributed by atoms with Crippen LogP contribution in [0.2, 0.25) is 5.02 Å². The van der Waals surface area contributed by atoms with E-state index in [0.29, 0.717) is 5.02 Å². The van der Waals surface area contributed by atoms with Gasteiger partial charge >= 0.3 is 0 Å².